The molecule has 30 heavy (non-hydrogen) atoms. The van der Waals surface area contributed by atoms with Crippen LogP contribution >= 0.6 is 11.8 Å². The first-order valence-electron chi connectivity index (χ1n) is 10.1. The lowest BCUT2D eigenvalue weighted by atomic mass is 10.0. The third kappa shape index (κ3) is 4.57. The highest BCUT2D eigenvalue weighted by atomic mass is 32.2. The molecule has 0 spiro atoms. The summed E-state index contributed by atoms with van der Waals surface area (Å²) in [6.45, 7) is 2.76. The van der Waals surface area contributed by atoms with E-state index in [-0.39, 0.29) is 16.9 Å². The number of nitrogens with zero attached hydrogens (tertiary/aromatic N) is 1. The van der Waals surface area contributed by atoms with Gasteiger partial charge in [-0.05, 0) is 43.0 Å². The van der Waals surface area contributed by atoms with Gasteiger partial charge >= 0.3 is 0 Å². The van der Waals surface area contributed by atoms with E-state index >= 15 is 0 Å². The lowest BCUT2D eigenvalue weighted by Crippen LogP contribution is -2.33. The summed E-state index contributed by atoms with van der Waals surface area (Å²) in [5, 5.41) is 2.89. The predicted octanol–water partition coefficient (Wildman–Crippen LogP) is 5.91. The van der Waals surface area contributed by atoms with E-state index in [1.165, 1.54) is 11.1 Å². The Morgan fingerprint density at radius 3 is 2.60 bits per heavy atom. The van der Waals surface area contributed by atoms with Crippen LogP contribution < -0.4 is 10.2 Å². The second kappa shape index (κ2) is 9.18. The lowest BCUT2D eigenvalue weighted by molar-refractivity contribution is -0.113. The van der Waals surface area contributed by atoms with Crippen molar-refractivity contribution in [2.75, 3.05) is 22.5 Å². The number of thioether (sulfide) groups is 1. The van der Waals surface area contributed by atoms with Crippen molar-refractivity contribution in [1.82, 2.24) is 0 Å². The molecule has 3 aromatic rings. The van der Waals surface area contributed by atoms with Crippen molar-refractivity contribution >= 4 is 34.3 Å². The highest BCUT2D eigenvalue weighted by Gasteiger charge is 2.23. The zero-order valence-electron chi connectivity index (χ0n) is 16.9. The maximum Gasteiger partial charge on any atom is 0.286 e. The molecule has 1 N–H and O–H groups in total. The largest absolute Gasteiger partial charge is 0.325 e. The van der Waals surface area contributed by atoms with Crippen molar-refractivity contribution in [2.45, 2.75) is 19.8 Å². The second-order valence-corrected chi connectivity index (χ2v) is 8.33. The van der Waals surface area contributed by atoms with Crippen molar-refractivity contribution in [3.8, 4) is 11.1 Å². The summed E-state index contributed by atoms with van der Waals surface area (Å²) in [7, 11) is 0. The second-order valence-electron chi connectivity index (χ2n) is 7.40. The van der Waals surface area contributed by atoms with Crippen LogP contribution in [-0.4, -0.2) is 23.4 Å². The zero-order valence-corrected chi connectivity index (χ0v) is 17.7. The fraction of sp³-hybridized carbons (Fsp3) is 0.200. The number of amides is 2. The minimum absolute atomic E-state index is 0.0775. The molecule has 0 aromatic heterocycles. The third-order valence-electron chi connectivity index (χ3n) is 5.19. The number of fused-ring (bicyclic) bond motifs is 1. The van der Waals surface area contributed by atoms with Gasteiger partial charge in [-0.3, -0.25) is 9.59 Å². The van der Waals surface area contributed by atoms with Gasteiger partial charge < -0.3 is 10.2 Å². The molecule has 1 heterocycles. The average Bonchev–Trinajstić information content (AvgIpc) is 2.78. The quantitative estimate of drug-likeness (QED) is 0.575. The van der Waals surface area contributed by atoms with Crippen molar-refractivity contribution < 1.29 is 9.59 Å². The number of carbonyl (C=O) groups excluding carboxylic acids is 2. The summed E-state index contributed by atoms with van der Waals surface area (Å²) < 4.78 is 0. The van der Waals surface area contributed by atoms with Crippen LogP contribution in [0.4, 0.5) is 16.2 Å². The average molecular weight is 417 g/mol. The summed E-state index contributed by atoms with van der Waals surface area (Å²) in [5.41, 5.74) is 6.13. The van der Waals surface area contributed by atoms with Crippen LogP contribution in [0.15, 0.2) is 72.8 Å². The van der Waals surface area contributed by atoms with Gasteiger partial charge in [0.05, 0.1) is 5.75 Å². The summed E-state index contributed by atoms with van der Waals surface area (Å²) in [6.07, 6.45) is 1.93. The van der Waals surface area contributed by atoms with Gasteiger partial charge in [0, 0.05) is 23.5 Å². The Morgan fingerprint density at radius 1 is 1.00 bits per heavy atom. The molecule has 0 radical (unpaired) electrons. The monoisotopic (exact) mass is 416 g/mol. The van der Waals surface area contributed by atoms with Crippen molar-refractivity contribution in [2.24, 2.45) is 0 Å². The van der Waals surface area contributed by atoms with Crippen molar-refractivity contribution in [3.63, 3.8) is 0 Å². The summed E-state index contributed by atoms with van der Waals surface area (Å²) in [5.74, 6) is -0.0995. The number of hydrogen-bond donors (Lipinski definition) is 1. The third-order valence-corrected chi connectivity index (χ3v) is 6.06. The number of rotatable bonds is 4. The Morgan fingerprint density at radius 2 is 1.77 bits per heavy atom. The topological polar surface area (TPSA) is 49.4 Å². The van der Waals surface area contributed by atoms with E-state index in [0.29, 0.717) is 6.54 Å². The lowest BCUT2D eigenvalue weighted by Gasteiger charge is -2.29. The number of aryl methyl sites for hydroxylation is 2. The molecule has 0 atom stereocenters. The number of nitrogens with one attached hydrogen (secondary N) is 1. The van der Waals surface area contributed by atoms with E-state index in [4.69, 9.17) is 0 Å². The normalized spacial score (nSPS) is 12.9. The maximum atomic E-state index is 12.8. The standard InChI is InChI=1S/C25H24N2O2S/c1-18-13-14-23-20(16-18)10-7-15-27(23)25(29)30-17-24(28)26-22-12-6-5-11-21(22)19-8-3-2-4-9-19/h2-6,8-9,11-14,16H,7,10,15,17H2,1H3,(H,26,28). The first kappa shape index (κ1) is 20.2. The molecule has 1 aliphatic rings. The molecule has 0 saturated carbocycles. The highest BCUT2D eigenvalue weighted by molar-refractivity contribution is 8.14. The molecule has 0 aliphatic carbocycles. The van der Waals surface area contributed by atoms with E-state index in [2.05, 4.69) is 18.3 Å². The van der Waals surface area contributed by atoms with Crippen molar-refractivity contribution in [3.05, 3.63) is 83.9 Å². The molecule has 4 nitrogen and oxygen atoms in total. The fourth-order valence-electron chi connectivity index (χ4n) is 3.77. The molecule has 0 fully saturated rings. The Bertz CT molecular complexity index is 1070. The van der Waals surface area contributed by atoms with Gasteiger partial charge in [-0.1, -0.05) is 78.0 Å². The molecule has 152 valence electrons. The molecule has 3 aromatic carbocycles. The smallest absolute Gasteiger partial charge is 0.286 e. The van der Waals surface area contributed by atoms with Crippen LogP contribution in [0.1, 0.15) is 17.5 Å². The summed E-state index contributed by atoms with van der Waals surface area (Å²) in [4.78, 5) is 27.2. The van der Waals surface area contributed by atoms with E-state index in [1.807, 2.05) is 66.7 Å². The number of carbonyl (C=O) groups is 2. The molecule has 5 heteroatoms. The van der Waals surface area contributed by atoms with Crippen LogP contribution in [0.2, 0.25) is 0 Å². The van der Waals surface area contributed by atoms with E-state index in [9.17, 15) is 9.59 Å². The van der Waals surface area contributed by atoms with Crippen molar-refractivity contribution in [1.29, 1.82) is 0 Å². The van der Waals surface area contributed by atoms with Gasteiger partial charge in [-0.25, -0.2) is 0 Å². The number of anilines is 2. The minimum Gasteiger partial charge on any atom is -0.325 e. The van der Waals surface area contributed by atoms with Gasteiger partial charge in [-0.2, -0.15) is 0 Å². The van der Waals surface area contributed by atoms with Crippen LogP contribution in [0.3, 0.4) is 0 Å². The number of hydrogen-bond acceptors (Lipinski definition) is 3. The van der Waals surface area contributed by atoms with Gasteiger partial charge in [-0.15, -0.1) is 0 Å². The first-order chi connectivity index (χ1) is 14.6. The van der Waals surface area contributed by atoms with Crippen LogP contribution in [-0.2, 0) is 11.2 Å². The minimum atomic E-state index is -0.183. The van der Waals surface area contributed by atoms with E-state index in [0.717, 1.165) is 47.1 Å². The number of para-hydroxylation sites is 1. The molecule has 1 aliphatic heterocycles. The molecule has 0 unspecified atom stereocenters. The van der Waals surface area contributed by atoms with Gasteiger partial charge in [0.15, 0.2) is 0 Å². The number of benzene rings is 3. The van der Waals surface area contributed by atoms with Gasteiger partial charge in [0.2, 0.25) is 5.91 Å². The Hall–Kier alpha value is -3.05. The molecular weight excluding hydrogens is 392 g/mol. The van der Waals surface area contributed by atoms with Gasteiger partial charge in [0.25, 0.3) is 5.24 Å². The maximum absolute atomic E-state index is 12.8. The molecule has 2 amide bonds. The summed E-state index contributed by atoms with van der Waals surface area (Å²) in [6, 6.07) is 23.8. The van der Waals surface area contributed by atoms with E-state index < -0.39 is 0 Å². The molecule has 4 rings (SSSR count). The Balaban J connectivity index is 1.40. The fourth-order valence-corrected chi connectivity index (χ4v) is 4.44. The zero-order chi connectivity index (χ0) is 20.9. The SMILES string of the molecule is Cc1ccc2c(c1)CCCN2C(=O)SCC(=O)Nc1ccccc1-c1ccccc1. The molecule has 0 saturated heterocycles. The van der Waals surface area contributed by atoms with E-state index in [1.54, 1.807) is 4.90 Å². The summed E-state index contributed by atoms with van der Waals surface area (Å²) >= 11 is 1.05. The predicted molar refractivity (Wildman–Crippen MR) is 125 cm³/mol. The Kier molecular flexibility index (Phi) is 6.19. The molecule has 0 bridgehead atoms. The Labute approximate surface area is 181 Å². The van der Waals surface area contributed by atoms with Gasteiger partial charge in [0.1, 0.15) is 0 Å². The first-order valence-corrected chi connectivity index (χ1v) is 11.1. The van der Waals surface area contributed by atoms with Crippen LogP contribution in [0.25, 0.3) is 11.1 Å². The highest BCUT2D eigenvalue weighted by Crippen LogP contribution is 2.31. The van der Waals surface area contributed by atoms with Crippen LogP contribution in [0.5, 0.6) is 0 Å². The molecular formula is C25H24N2O2S. The van der Waals surface area contributed by atoms with Crippen LogP contribution in [0, 0.1) is 6.92 Å².